The maximum absolute atomic E-state index is 12.3. The molecule has 0 aliphatic carbocycles. The van der Waals surface area contributed by atoms with Crippen LogP contribution in [0.1, 0.15) is 187 Å². The highest BCUT2D eigenvalue weighted by atomic mass is 16.3. The Morgan fingerprint density at radius 3 is 1.27 bits per heavy atom. The van der Waals surface area contributed by atoms with E-state index >= 15 is 0 Å². The molecule has 3 N–H and O–H groups in total. The fourth-order valence-electron chi connectivity index (χ4n) is 5.83. The number of nitrogens with one attached hydrogen (secondary N) is 1. The molecule has 0 spiro atoms. The predicted molar refractivity (Wildman–Crippen MR) is 216 cm³/mol. The lowest BCUT2D eigenvalue weighted by Crippen LogP contribution is -2.44. The first-order valence-corrected chi connectivity index (χ1v) is 20.7. The van der Waals surface area contributed by atoms with Gasteiger partial charge in [0.05, 0.1) is 18.8 Å². The number of aliphatic hydroxyl groups excluding tert-OH is 2. The van der Waals surface area contributed by atoms with Gasteiger partial charge in [-0.05, 0) is 44.9 Å². The van der Waals surface area contributed by atoms with Gasteiger partial charge in [-0.2, -0.15) is 0 Å². The standard InChI is InChI=1S/C45H79NO3/c1-3-5-7-9-11-13-15-17-19-20-21-22-23-24-25-27-28-30-32-34-36-38-40-44(48)43(42-47)46-45(49)41-39-37-35-33-31-29-26-18-16-14-12-10-8-6-4-2/h6,8,12,14,18,26,31,33,37-40,43-44,47-48H,3-5,7,9-11,13,15-17,19-25,27-30,32,34-36,41-42H2,1-2H3,(H,46,49)/b8-6-,14-12-,26-18-,33-31-,39-37-,40-38+. The van der Waals surface area contributed by atoms with Gasteiger partial charge in [-0.25, -0.2) is 0 Å². The smallest absolute Gasteiger partial charge is 0.224 e. The van der Waals surface area contributed by atoms with E-state index in [-0.39, 0.29) is 18.9 Å². The molecule has 282 valence electrons. The van der Waals surface area contributed by atoms with Gasteiger partial charge in [-0.15, -0.1) is 0 Å². The molecule has 0 radical (unpaired) electrons. The van der Waals surface area contributed by atoms with Gasteiger partial charge in [0.2, 0.25) is 5.91 Å². The third-order valence-electron chi connectivity index (χ3n) is 8.97. The van der Waals surface area contributed by atoms with Crippen molar-refractivity contribution in [3.8, 4) is 0 Å². The summed E-state index contributed by atoms with van der Waals surface area (Å²) in [5.74, 6) is -0.193. The lowest BCUT2D eigenvalue weighted by Gasteiger charge is -2.19. The Kier molecular flexibility index (Phi) is 38.5. The van der Waals surface area contributed by atoms with Gasteiger partial charge >= 0.3 is 0 Å². The Bertz CT molecular complexity index is 868. The second-order valence-electron chi connectivity index (χ2n) is 13.7. The Labute approximate surface area is 304 Å². The van der Waals surface area contributed by atoms with Crippen LogP contribution in [0, 0.1) is 0 Å². The fourth-order valence-corrected chi connectivity index (χ4v) is 5.83. The van der Waals surface area contributed by atoms with E-state index in [0.717, 1.165) is 44.9 Å². The molecule has 4 nitrogen and oxygen atoms in total. The van der Waals surface area contributed by atoms with E-state index in [1.165, 1.54) is 122 Å². The van der Waals surface area contributed by atoms with Crippen molar-refractivity contribution in [2.75, 3.05) is 6.61 Å². The third-order valence-corrected chi connectivity index (χ3v) is 8.97. The lowest BCUT2D eigenvalue weighted by atomic mass is 10.0. The van der Waals surface area contributed by atoms with Gasteiger partial charge in [-0.3, -0.25) is 4.79 Å². The van der Waals surface area contributed by atoms with Gasteiger partial charge in [-0.1, -0.05) is 209 Å². The molecule has 0 saturated carbocycles. The van der Waals surface area contributed by atoms with E-state index in [1.807, 2.05) is 18.2 Å². The highest BCUT2D eigenvalue weighted by molar-refractivity contribution is 5.77. The normalized spacial score (nSPS) is 13.8. The summed E-state index contributed by atoms with van der Waals surface area (Å²) in [5, 5.41) is 22.9. The fraction of sp³-hybridized carbons (Fsp3) is 0.711. The highest BCUT2D eigenvalue weighted by Crippen LogP contribution is 2.15. The molecule has 0 heterocycles. The first-order valence-electron chi connectivity index (χ1n) is 20.7. The molecule has 2 atom stereocenters. The number of hydrogen-bond acceptors (Lipinski definition) is 3. The Morgan fingerprint density at radius 2 is 0.878 bits per heavy atom. The van der Waals surface area contributed by atoms with Crippen molar-refractivity contribution in [1.82, 2.24) is 5.32 Å². The second kappa shape index (κ2) is 40.3. The van der Waals surface area contributed by atoms with Crippen LogP contribution in [0.5, 0.6) is 0 Å². The lowest BCUT2D eigenvalue weighted by molar-refractivity contribution is -0.122. The van der Waals surface area contributed by atoms with E-state index in [2.05, 4.69) is 67.8 Å². The Hall–Kier alpha value is -2.17. The van der Waals surface area contributed by atoms with E-state index in [4.69, 9.17) is 0 Å². The van der Waals surface area contributed by atoms with Crippen molar-refractivity contribution >= 4 is 5.91 Å². The summed E-state index contributed by atoms with van der Waals surface area (Å²) in [5.41, 5.74) is 0. The molecule has 4 heteroatoms. The third kappa shape index (κ3) is 36.9. The summed E-state index contributed by atoms with van der Waals surface area (Å²) in [6, 6.07) is -0.679. The Balaban J connectivity index is 3.69. The van der Waals surface area contributed by atoms with Crippen LogP contribution in [0.25, 0.3) is 0 Å². The monoisotopic (exact) mass is 682 g/mol. The van der Waals surface area contributed by atoms with Crippen LogP contribution >= 0.6 is 0 Å². The largest absolute Gasteiger partial charge is 0.394 e. The number of carbonyl (C=O) groups excluding carboxylic acids is 1. The summed E-state index contributed by atoms with van der Waals surface area (Å²) in [4.78, 5) is 12.3. The Morgan fingerprint density at radius 1 is 0.510 bits per heavy atom. The second-order valence-corrected chi connectivity index (χ2v) is 13.7. The van der Waals surface area contributed by atoms with E-state index < -0.39 is 12.1 Å². The zero-order chi connectivity index (χ0) is 35.7. The zero-order valence-corrected chi connectivity index (χ0v) is 32.2. The molecule has 0 rings (SSSR count). The van der Waals surface area contributed by atoms with Crippen molar-refractivity contribution in [2.24, 2.45) is 0 Å². The van der Waals surface area contributed by atoms with Gasteiger partial charge in [0.1, 0.15) is 0 Å². The summed E-state index contributed by atoms with van der Waals surface area (Å²) in [6.45, 7) is 4.14. The molecular weight excluding hydrogens is 602 g/mol. The average Bonchev–Trinajstić information content (AvgIpc) is 3.10. The molecule has 0 aromatic carbocycles. The van der Waals surface area contributed by atoms with E-state index in [0.29, 0.717) is 0 Å². The number of amides is 1. The number of unbranched alkanes of at least 4 members (excludes halogenated alkanes) is 20. The molecular formula is C45H79NO3. The number of allylic oxidation sites excluding steroid dienone is 10. The summed E-state index contributed by atoms with van der Waals surface area (Å²) < 4.78 is 0. The van der Waals surface area contributed by atoms with Crippen LogP contribution < -0.4 is 5.32 Å². The van der Waals surface area contributed by atoms with E-state index in [9.17, 15) is 15.0 Å². The van der Waals surface area contributed by atoms with Gasteiger partial charge in [0.15, 0.2) is 0 Å². The molecule has 0 bridgehead atoms. The zero-order valence-electron chi connectivity index (χ0n) is 32.2. The molecule has 0 aromatic heterocycles. The van der Waals surface area contributed by atoms with Gasteiger partial charge < -0.3 is 15.5 Å². The molecule has 0 aliphatic rings. The summed E-state index contributed by atoms with van der Waals surface area (Å²) >= 11 is 0. The molecule has 0 aliphatic heterocycles. The van der Waals surface area contributed by atoms with Crippen LogP contribution in [0.2, 0.25) is 0 Å². The minimum absolute atomic E-state index is 0.193. The molecule has 49 heavy (non-hydrogen) atoms. The topological polar surface area (TPSA) is 69.6 Å². The van der Waals surface area contributed by atoms with E-state index in [1.54, 1.807) is 6.08 Å². The molecule has 0 aromatic rings. The van der Waals surface area contributed by atoms with Crippen LogP contribution in [-0.4, -0.2) is 34.9 Å². The van der Waals surface area contributed by atoms with Crippen molar-refractivity contribution in [3.05, 3.63) is 72.9 Å². The molecule has 2 unspecified atom stereocenters. The quantitative estimate of drug-likeness (QED) is 0.0455. The number of rotatable bonds is 36. The van der Waals surface area contributed by atoms with Crippen molar-refractivity contribution in [3.63, 3.8) is 0 Å². The number of carbonyl (C=O) groups is 1. The minimum atomic E-state index is -0.882. The minimum Gasteiger partial charge on any atom is -0.394 e. The molecule has 0 fully saturated rings. The predicted octanol–water partition coefficient (Wildman–Crippen LogP) is 12.7. The van der Waals surface area contributed by atoms with Crippen LogP contribution in [0.3, 0.4) is 0 Å². The van der Waals surface area contributed by atoms with Crippen molar-refractivity contribution < 1.29 is 15.0 Å². The van der Waals surface area contributed by atoms with Crippen LogP contribution in [0.4, 0.5) is 0 Å². The summed E-state index contributed by atoms with van der Waals surface area (Å²) in [7, 11) is 0. The highest BCUT2D eigenvalue weighted by Gasteiger charge is 2.17. The maximum atomic E-state index is 12.3. The molecule has 1 amide bonds. The number of aliphatic hydroxyl groups is 2. The van der Waals surface area contributed by atoms with Crippen molar-refractivity contribution in [1.29, 1.82) is 0 Å². The number of hydrogen-bond donors (Lipinski definition) is 3. The van der Waals surface area contributed by atoms with Crippen molar-refractivity contribution in [2.45, 2.75) is 199 Å². The maximum Gasteiger partial charge on any atom is 0.224 e. The first-order chi connectivity index (χ1) is 24.2. The summed E-state index contributed by atoms with van der Waals surface area (Å²) in [6.07, 6.45) is 57.4. The van der Waals surface area contributed by atoms with Gasteiger partial charge in [0, 0.05) is 6.42 Å². The van der Waals surface area contributed by atoms with Gasteiger partial charge in [0.25, 0.3) is 0 Å². The van der Waals surface area contributed by atoms with Crippen LogP contribution in [-0.2, 0) is 4.79 Å². The van der Waals surface area contributed by atoms with Crippen LogP contribution in [0.15, 0.2) is 72.9 Å². The molecule has 0 saturated heterocycles. The first kappa shape index (κ1) is 46.8. The SMILES string of the molecule is CC/C=C\C/C=C\C/C=C\C/C=C\C/C=C\CC(=O)NC(CO)C(O)/C=C/CCCCCCCCCCCCCCCCCCCCCC. The average molecular weight is 682 g/mol.